The first kappa shape index (κ1) is 19.6. The van der Waals surface area contributed by atoms with E-state index < -0.39 is 0 Å². The summed E-state index contributed by atoms with van der Waals surface area (Å²) in [5.74, 6) is 0.312. The molecule has 1 unspecified atom stereocenters. The highest BCUT2D eigenvalue weighted by Crippen LogP contribution is 2.26. The molecule has 25 heavy (non-hydrogen) atoms. The number of methoxy groups -OCH3 is 1. The number of aliphatic hydroxyl groups excluding tert-OH is 1. The smallest absolute Gasteiger partial charge is 0.230 e. The van der Waals surface area contributed by atoms with E-state index in [4.69, 9.17) is 27.9 Å². The van der Waals surface area contributed by atoms with Crippen molar-refractivity contribution in [2.75, 3.05) is 25.7 Å². The molecule has 4 nitrogen and oxygen atoms in total. The van der Waals surface area contributed by atoms with Crippen molar-refractivity contribution in [3.05, 3.63) is 58.1 Å². The molecule has 134 valence electrons. The van der Waals surface area contributed by atoms with Gasteiger partial charge in [0.1, 0.15) is 5.75 Å². The summed E-state index contributed by atoms with van der Waals surface area (Å²) in [6.07, 6.45) is 0.857. The van der Waals surface area contributed by atoms with E-state index in [0.717, 1.165) is 17.0 Å². The van der Waals surface area contributed by atoms with Crippen molar-refractivity contribution >= 4 is 34.8 Å². The Hall–Kier alpha value is -1.75. The average Bonchev–Trinajstić information content (AvgIpc) is 2.63. The number of carbonyl (C=O) groups excluding carboxylic acids is 1. The summed E-state index contributed by atoms with van der Waals surface area (Å²) in [5.41, 5.74) is 1.67. The second-order valence-electron chi connectivity index (χ2n) is 5.76. The molecule has 0 heterocycles. The zero-order valence-electron chi connectivity index (χ0n) is 14.2. The summed E-state index contributed by atoms with van der Waals surface area (Å²) in [4.78, 5) is 14.5. The van der Waals surface area contributed by atoms with Gasteiger partial charge < -0.3 is 14.7 Å². The third-order valence-corrected chi connectivity index (χ3v) is 4.82. The van der Waals surface area contributed by atoms with Gasteiger partial charge in [-0.15, -0.1) is 0 Å². The Morgan fingerprint density at radius 3 is 2.40 bits per heavy atom. The van der Waals surface area contributed by atoms with Crippen LogP contribution in [0.5, 0.6) is 5.75 Å². The standard InChI is InChI=1S/C19H21Cl2NO3/c1-22(15-4-6-16(25-2)7-5-15)19(24)14(9-10-23)11-13-3-8-17(20)18(21)12-13/h3-8,12,14,23H,9-11H2,1-2H3. The minimum absolute atomic E-state index is 0.0613. The second kappa shape index (κ2) is 9.09. The number of hydrogen-bond donors (Lipinski definition) is 1. The molecule has 0 bridgehead atoms. The molecule has 2 aromatic carbocycles. The third kappa shape index (κ3) is 5.11. The maximum atomic E-state index is 12.9. The molecule has 1 amide bonds. The van der Waals surface area contributed by atoms with E-state index in [1.54, 1.807) is 43.3 Å². The molecule has 0 fully saturated rings. The van der Waals surface area contributed by atoms with Gasteiger partial charge in [-0.05, 0) is 54.8 Å². The van der Waals surface area contributed by atoms with Crippen molar-refractivity contribution in [3.8, 4) is 5.75 Å². The largest absolute Gasteiger partial charge is 0.497 e. The van der Waals surface area contributed by atoms with E-state index >= 15 is 0 Å². The average molecular weight is 382 g/mol. The van der Waals surface area contributed by atoms with Crippen LogP contribution in [0.25, 0.3) is 0 Å². The van der Waals surface area contributed by atoms with Crippen LogP contribution in [-0.2, 0) is 11.2 Å². The molecule has 2 aromatic rings. The van der Waals surface area contributed by atoms with E-state index in [0.29, 0.717) is 22.9 Å². The van der Waals surface area contributed by atoms with Crippen molar-refractivity contribution in [3.63, 3.8) is 0 Å². The molecule has 0 saturated heterocycles. The van der Waals surface area contributed by atoms with Gasteiger partial charge in [0.15, 0.2) is 0 Å². The number of benzene rings is 2. The molecule has 0 aliphatic heterocycles. The number of aliphatic hydroxyl groups is 1. The Kier molecular flexibility index (Phi) is 7.12. The highest BCUT2D eigenvalue weighted by atomic mass is 35.5. The monoisotopic (exact) mass is 381 g/mol. The fourth-order valence-corrected chi connectivity index (χ4v) is 2.95. The highest BCUT2D eigenvalue weighted by molar-refractivity contribution is 6.42. The van der Waals surface area contributed by atoms with Crippen LogP contribution < -0.4 is 9.64 Å². The van der Waals surface area contributed by atoms with Gasteiger partial charge in [0.05, 0.1) is 17.2 Å². The molecule has 0 aromatic heterocycles. The number of ether oxygens (including phenoxy) is 1. The second-order valence-corrected chi connectivity index (χ2v) is 6.57. The molecular formula is C19H21Cl2NO3. The molecular weight excluding hydrogens is 361 g/mol. The van der Waals surface area contributed by atoms with Crippen molar-refractivity contribution in [2.45, 2.75) is 12.8 Å². The van der Waals surface area contributed by atoms with Crippen molar-refractivity contribution in [1.82, 2.24) is 0 Å². The topological polar surface area (TPSA) is 49.8 Å². The van der Waals surface area contributed by atoms with Crippen molar-refractivity contribution < 1.29 is 14.6 Å². The Morgan fingerprint density at radius 2 is 1.84 bits per heavy atom. The van der Waals surface area contributed by atoms with Crippen molar-refractivity contribution in [2.24, 2.45) is 5.92 Å². The van der Waals surface area contributed by atoms with Crippen LogP contribution in [0.15, 0.2) is 42.5 Å². The summed E-state index contributed by atoms with van der Waals surface area (Å²) >= 11 is 12.0. The van der Waals surface area contributed by atoms with E-state index in [9.17, 15) is 9.90 Å². The third-order valence-electron chi connectivity index (χ3n) is 4.08. The molecule has 0 saturated carbocycles. The van der Waals surface area contributed by atoms with Gasteiger partial charge >= 0.3 is 0 Å². The Labute approximate surface area is 157 Å². The van der Waals surface area contributed by atoms with Crippen LogP contribution in [0.3, 0.4) is 0 Å². The Morgan fingerprint density at radius 1 is 1.16 bits per heavy atom. The Balaban J connectivity index is 2.16. The number of amides is 1. The summed E-state index contributed by atoms with van der Waals surface area (Å²) in [5, 5.41) is 10.3. The van der Waals surface area contributed by atoms with E-state index in [1.165, 1.54) is 0 Å². The molecule has 2 rings (SSSR count). The number of nitrogens with zero attached hydrogens (tertiary/aromatic N) is 1. The first-order valence-electron chi connectivity index (χ1n) is 7.92. The number of anilines is 1. The summed E-state index contributed by atoms with van der Waals surface area (Å²) in [6, 6.07) is 12.6. The fourth-order valence-electron chi connectivity index (χ4n) is 2.63. The van der Waals surface area contributed by atoms with Crippen molar-refractivity contribution in [1.29, 1.82) is 0 Å². The molecule has 1 N–H and O–H groups in total. The van der Waals surface area contributed by atoms with Crippen LogP contribution in [0, 0.1) is 5.92 Å². The summed E-state index contributed by atoms with van der Waals surface area (Å²) < 4.78 is 5.14. The van der Waals surface area contributed by atoms with Crippen LogP contribution in [0.1, 0.15) is 12.0 Å². The van der Waals surface area contributed by atoms with E-state index in [2.05, 4.69) is 0 Å². The van der Waals surface area contributed by atoms with Gasteiger partial charge in [-0.2, -0.15) is 0 Å². The molecule has 0 spiro atoms. The van der Waals surface area contributed by atoms with Crippen LogP contribution in [0.2, 0.25) is 10.0 Å². The summed E-state index contributed by atoms with van der Waals surface area (Å²) in [7, 11) is 3.32. The maximum absolute atomic E-state index is 12.9. The lowest BCUT2D eigenvalue weighted by atomic mass is 9.95. The normalized spacial score (nSPS) is 11.9. The summed E-state index contributed by atoms with van der Waals surface area (Å²) in [6.45, 7) is -0.0613. The van der Waals surface area contributed by atoms with Crippen LogP contribution >= 0.6 is 23.2 Å². The SMILES string of the molecule is COc1ccc(N(C)C(=O)C(CCO)Cc2ccc(Cl)c(Cl)c2)cc1. The predicted molar refractivity (Wildman–Crippen MR) is 102 cm³/mol. The van der Waals surface area contributed by atoms with Gasteiger partial charge in [0.25, 0.3) is 0 Å². The van der Waals surface area contributed by atoms with Gasteiger partial charge in [-0.1, -0.05) is 29.3 Å². The van der Waals surface area contributed by atoms with Gasteiger partial charge in [-0.3, -0.25) is 4.79 Å². The lowest BCUT2D eigenvalue weighted by Crippen LogP contribution is -2.34. The predicted octanol–water partition coefficient (Wildman–Crippen LogP) is 4.21. The quantitative estimate of drug-likeness (QED) is 0.781. The fraction of sp³-hybridized carbons (Fsp3) is 0.316. The van der Waals surface area contributed by atoms with Gasteiger partial charge in [0.2, 0.25) is 5.91 Å². The molecule has 0 aliphatic carbocycles. The maximum Gasteiger partial charge on any atom is 0.230 e. The molecule has 6 heteroatoms. The number of halogens is 2. The zero-order chi connectivity index (χ0) is 18.4. The minimum atomic E-state index is -0.352. The first-order chi connectivity index (χ1) is 12.0. The highest BCUT2D eigenvalue weighted by Gasteiger charge is 2.23. The zero-order valence-corrected chi connectivity index (χ0v) is 15.7. The lowest BCUT2D eigenvalue weighted by molar-refractivity contribution is -0.122. The number of carbonyl (C=O) groups is 1. The van der Waals surface area contributed by atoms with Gasteiger partial charge in [-0.25, -0.2) is 0 Å². The number of hydrogen-bond acceptors (Lipinski definition) is 3. The van der Waals surface area contributed by atoms with Crippen LogP contribution in [-0.4, -0.2) is 31.8 Å². The van der Waals surface area contributed by atoms with Gasteiger partial charge in [0, 0.05) is 25.3 Å². The van der Waals surface area contributed by atoms with E-state index in [-0.39, 0.29) is 18.4 Å². The van der Waals surface area contributed by atoms with E-state index in [1.807, 2.05) is 18.2 Å². The number of rotatable bonds is 7. The lowest BCUT2D eigenvalue weighted by Gasteiger charge is -2.24. The minimum Gasteiger partial charge on any atom is -0.497 e. The van der Waals surface area contributed by atoms with Crippen LogP contribution in [0.4, 0.5) is 5.69 Å². The first-order valence-corrected chi connectivity index (χ1v) is 8.68. The Bertz CT molecular complexity index is 719. The molecule has 0 radical (unpaired) electrons. The molecule has 1 atom stereocenters. The molecule has 0 aliphatic rings.